The standard InChI is InChI=1S/C26H21Br2NO4S/c1-16-4-3-5-18(10-16)14-29-25(30)23(34-26(29)31)13-19-11-21(28)24(22(12-19)32-2)33-15-17-6-8-20(27)9-7-17/h3-13H,14-15H2,1-2H3/b23-13-. The van der Waals surface area contributed by atoms with Crippen LogP contribution in [-0.2, 0) is 17.9 Å². The minimum Gasteiger partial charge on any atom is -0.493 e. The maximum absolute atomic E-state index is 12.9. The van der Waals surface area contributed by atoms with E-state index in [9.17, 15) is 9.59 Å². The lowest BCUT2D eigenvalue weighted by atomic mass is 10.1. The second-order valence-electron chi connectivity index (χ2n) is 7.71. The van der Waals surface area contributed by atoms with Crippen LogP contribution >= 0.6 is 43.6 Å². The summed E-state index contributed by atoms with van der Waals surface area (Å²) in [7, 11) is 1.56. The lowest BCUT2D eigenvalue weighted by Gasteiger charge is -2.14. The predicted octanol–water partition coefficient (Wildman–Crippen LogP) is 7.34. The molecule has 5 nitrogen and oxygen atoms in total. The lowest BCUT2D eigenvalue weighted by Crippen LogP contribution is -2.27. The maximum atomic E-state index is 12.9. The van der Waals surface area contributed by atoms with Crippen LogP contribution in [0.4, 0.5) is 4.79 Å². The first-order valence-corrected chi connectivity index (χ1v) is 12.8. The molecule has 8 heteroatoms. The van der Waals surface area contributed by atoms with Crippen LogP contribution in [0.3, 0.4) is 0 Å². The van der Waals surface area contributed by atoms with Gasteiger partial charge in [0.2, 0.25) is 0 Å². The number of rotatable bonds is 7. The van der Waals surface area contributed by atoms with Crippen LogP contribution in [0.15, 0.2) is 74.5 Å². The van der Waals surface area contributed by atoms with Crippen molar-refractivity contribution in [3.63, 3.8) is 0 Å². The SMILES string of the molecule is COc1cc(/C=C2\SC(=O)N(Cc3cccc(C)c3)C2=O)cc(Br)c1OCc1ccc(Br)cc1. The van der Waals surface area contributed by atoms with Crippen LogP contribution < -0.4 is 9.47 Å². The van der Waals surface area contributed by atoms with E-state index >= 15 is 0 Å². The Bertz CT molecular complexity index is 1270. The Kier molecular flexibility index (Phi) is 7.80. The molecule has 3 aromatic rings. The van der Waals surface area contributed by atoms with Gasteiger partial charge in [-0.25, -0.2) is 0 Å². The maximum Gasteiger partial charge on any atom is 0.293 e. The molecule has 0 unspecified atom stereocenters. The highest BCUT2D eigenvalue weighted by Gasteiger charge is 2.35. The van der Waals surface area contributed by atoms with E-state index in [1.165, 1.54) is 4.90 Å². The molecule has 0 radical (unpaired) electrons. The molecule has 1 aliphatic rings. The first kappa shape index (κ1) is 24.6. The predicted molar refractivity (Wildman–Crippen MR) is 142 cm³/mol. The molecule has 0 atom stereocenters. The number of amides is 2. The van der Waals surface area contributed by atoms with E-state index in [1.807, 2.05) is 61.5 Å². The number of thioether (sulfide) groups is 1. The summed E-state index contributed by atoms with van der Waals surface area (Å²) in [4.78, 5) is 27.1. The first-order chi connectivity index (χ1) is 16.3. The average molecular weight is 603 g/mol. The molecule has 1 heterocycles. The number of carbonyl (C=O) groups is 2. The summed E-state index contributed by atoms with van der Waals surface area (Å²) >= 11 is 7.92. The van der Waals surface area contributed by atoms with Gasteiger partial charge in [0.1, 0.15) is 6.61 Å². The quantitative estimate of drug-likeness (QED) is 0.265. The zero-order valence-corrected chi connectivity index (χ0v) is 22.5. The number of aryl methyl sites for hydroxylation is 1. The van der Waals surface area contributed by atoms with E-state index in [1.54, 1.807) is 19.3 Å². The Balaban J connectivity index is 1.53. The van der Waals surface area contributed by atoms with E-state index in [2.05, 4.69) is 31.9 Å². The summed E-state index contributed by atoms with van der Waals surface area (Å²) in [6, 6.07) is 19.3. The summed E-state index contributed by atoms with van der Waals surface area (Å²) in [5.41, 5.74) is 3.74. The van der Waals surface area contributed by atoms with E-state index in [0.717, 1.165) is 38.5 Å². The summed E-state index contributed by atoms with van der Waals surface area (Å²) in [5, 5.41) is -0.279. The second kappa shape index (κ2) is 10.8. The van der Waals surface area contributed by atoms with Gasteiger partial charge in [-0.3, -0.25) is 14.5 Å². The van der Waals surface area contributed by atoms with Crippen LogP contribution in [0, 0.1) is 6.92 Å². The zero-order valence-electron chi connectivity index (χ0n) is 18.5. The van der Waals surface area contributed by atoms with Gasteiger partial charge in [0.05, 0.1) is 23.0 Å². The third-order valence-corrected chi connectivity index (χ3v) is 7.17. The van der Waals surface area contributed by atoms with Crippen molar-refractivity contribution >= 4 is 60.8 Å². The minimum atomic E-state index is -0.304. The Labute approximate surface area is 219 Å². The molecule has 1 aliphatic heterocycles. The van der Waals surface area contributed by atoms with Gasteiger partial charge in [0, 0.05) is 4.47 Å². The van der Waals surface area contributed by atoms with Gasteiger partial charge >= 0.3 is 0 Å². The molecule has 34 heavy (non-hydrogen) atoms. The van der Waals surface area contributed by atoms with Crippen LogP contribution in [-0.4, -0.2) is 23.2 Å². The van der Waals surface area contributed by atoms with Gasteiger partial charge in [-0.15, -0.1) is 0 Å². The Morgan fingerprint density at radius 2 is 1.76 bits per heavy atom. The number of carbonyl (C=O) groups excluding carboxylic acids is 2. The number of hydrogen-bond donors (Lipinski definition) is 0. The number of nitrogens with zero attached hydrogens (tertiary/aromatic N) is 1. The van der Waals surface area contributed by atoms with Crippen LogP contribution in [0.5, 0.6) is 11.5 Å². The smallest absolute Gasteiger partial charge is 0.293 e. The van der Waals surface area contributed by atoms with Crippen molar-refractivity contribution < 1.29 is 19.1 Å². The van der Waals surface area contributed by atoms with Crippen molar-refractivity contribution in [2.45, 2.75) is 20.1 Å². The van der Waals surface area contributed by atoms with Gasteiger partial charge in [-0.2, -0.15) is 0 Å². The number of ether oxygens (including phenoxy) is 2. The van der Waals surface area contributed by atoms with Crippen molar-refractivity contribution in [3.8, 4) is 11.5 Å². The summed E-state index contributed by atoms with van der Waals surface area (Å²) in [5.74, 6) is 0.786. The monoisotopic (exact) mass is 601 g/mol. The largest absolute Gasteiger partial charge is 0.493 e. The van der Waals surface area contributed by atoms with Crippen LogP contribution in [0.1, 0.15) is 22.3 Å². The highest BCUT2D eigenvalue weighted by molar-refractivity contribution is 9.10. The summed E-state index contributed by atoms with van der Waals surface area (Å²) in [6.45, 7) is 2.60. The molecule has 0 spiro atoms. The molecular weight excluding hydrogens is 582 g/mol. The lowest BCUT2D eigenvalue weighted by molar-refractivity contribution is -0.123. The van der Waals surface area contributed by atoms with E-state index in [-0.39, 0.29) is 17.7 Å². The van der Waals surface area contributed by atoms with Crippen LogP contribution in [0.2, 0.25) is 0 Å². The molecule has 4 rings (SSSR count). The third kappa shape index (κ3) is 5.74. The molecule has 174 valence electrons. The molecular formula is C26H21Br2NO4S. The van der Waals surface area contributed by atoms with Gasteiger partial charge < -0.3 is 9.47 Å². The molecule has 0 aliphatic carbocycles. The Morgan fingerprint density at radius 3 is 2.47 bits per heavy atom. The summed E-state index contributed by atoms with van der Waals surface area (Å²) < 4.78 is 13.2. The third-order valence-electron chi connectivity index (χ3n) is 5.14. The van der Waals surface area contributed by atoms with Crippen LogP contribution in [0.25, 0.3) is 6.08 Å². The zero-order chi connectivity index (χ0) is 24.2. The number of imide groups is 1. The highest BCUT2D eigenvalue weighted by Crippen LogP contribution is 2.39. The number of methoxy groups -OCH3 is 1. The van der Waals surface area contributed by atoms with Crippen molar-refractivity contribution in [3.05, 3.63) is 96.8 Å². The normalized spacial score (nSPS) is 14.7. The molecule has 1 saturated heterocycles. The minimum absolute atomic E-state index is 0.250. The van der Waals surface area contributed by atoms with Gasteiger partial charge in [0.25, 0.3) is 11.1 Å². The van der Waals surface area contributed by atoms with E-state index in [4.69, 9.17) is 9.47 Å². The molecule has 0 aromatic heterocycles. The fourth-order valence-corrected chi connectivity index (χ4v) is 5.16. The molecule has 0 bridgehead atoms. The Morgan fingerprint density at radius 1 is 1.00 bits per heavy atom. The van der Waals surface area contributed by atoms with Gasteiger partial charge in [-0.1, -0.05) is 57.9 Å². The van der Waals surface area contributed by atoms with Crippen molar-refractivity contribution in [2.75, 3.05) is 7.11 Å². The second-order valence-corrected chi connectivity index (χ2v) is 10.5. The molecule has 0 saturated carbocycles. The van der Waals surface area contributed by atoms with Crippen molar-refractivity contribution in [2.24, 2.45) is 0 Å². The highest BCUT2D eigenvalue weighted by atomic mass is 79.9. The molecule has 1 fully saturated rings. The molecule has 2 amide bonds. The average Bonchev–Trinajstić information content (AvgIpc) is 3.06. The topological polar surface area (TPSA) is 55.8 Å². The van der Waals surface area contributed by atoms with Crippen molar-refractivity contribution in [1.82, 2.24) is 4.90 Å². The first-order valence-electron chi connectivity index (χ1n) is 10.4. The van der Waals surface area contributed by atoms with E-state index in [0.29, 0.717) is 27.5 Å². The molecule has 0 N–H and O–H groups in total. The van der Waals surface area contributed by atoms with Gasteiger partial charge in [0.15, 0.2) is 11.5 Å². The van der Waals surface area contributed by atoms with Gasteiger partial charge in [-0.05, 0) is 81.6 Å². The van der Waals surface area contributed by atoms with E-state index < -0.39 is 0 Å². The van der Waals surface area contributed by atoms with Crippen molar-refractivity contribution in [1.29, 1.82) is 0 Å². The number of benzene rings is 3. The number of hydrogen-bond acceptors (Lipinski definition) is 5. The fraction of sp³-hybridized carbons (Fsp3) is 0.154. The number of halogens is 2. The Hall–Kier alpha value is -2.55. The molecule has 3 aromatic carbocycles. The fourth-order valence-electron chi connectivity index (χ4n) is 3.48. The summed E-state index contributed by atoms with van der Waals surface area (Å²) in [6.07, 6.45) is 1.70.